The molecule has 0 aromatic heterocycles. The van der Waals surface area contributed by atoms with Gasteiger partial charge in [-0.3, -0.25) is 0 Å². The van der Waals surface area contributed by atoms with Gasteiger partial charge < -0.3 is 29.4 Å². The topological polar surface area (TPSA) is 19.4 Å². The van der Waals surface area contributed by atoms with Crippen molar-refractivity contribution in [2.24, 2.45) is 0 Å². The summed E-state index contributed by atoms with van der Waals surface area (Å²) >= 11 is 0. The summed E-state index contributed by atoms with van der Waals surface area (Å²) in [5, 5.41) is 0. The molecule has 0 unspecified atom stereocenters. The lowest BCUT2D eigenvalue weighted by Gasteiger charge is -2.01. The molecule has 0 aromatic rings. The molecule has 0 fully saturated rings. The highest BCUT2D eigenvalue weighted by atomic mass is 15.1. The Labute approximate surface area is 256 Å². The van der Waals surface area contributed by atoms with Gasteiger partial charge in [0.2, 0.25) is 0 Å². The van der Waals surface area contributed by atoms with Gasteiger partial charge in [0.25, 0.3) is 0 Å². The lowest BCUT2D eigenvalue weighted by molar-refractivity contribution is 0.457. The maximum atomic E-state index is 3.56. The number of likely N-dealkylation sites (N-methyl/N-ethyl adjacent to an activating group) is 6. The maximum Gasteiger partial charge on any atom is 0.0154 e. The van der Waals surface area contributed by atoms with Crippen LogP contribution in [0.4, 0.5) is 0 Å². The van der Waals surface area contributed by atoms with Crippen molar-refractivity contribution < 1.29 is 0 Å². The molecule has 242 valence electrons. The minimum Gasteiger partial charge on any atom is -0.306 e. The van der Waals surface area contributed by atoms with E-state index in [-0.39, 0.29) is 0 Å². The molecule has 40 heavy (non-hydrogen) atoms. The number of rotatable bonds is 12. The summed E-state index contributed by atoms with van der Waals surface area (Å²) in [5.74, 6) is 0. The smallest absolute Gasteiger partial charge is 0.0154 e. The summed E-state index contributed by atoms with van der Waals surface area (Å²) in [7, 11) is 24.2. The van der Waals surface area contributed by atoms with Crippen LogP contribution in [0.3, 0.4) is 0 Å². The van der Waals surface area contributed by atoms with E-state index < -0.39 is 0 Å². The minimum atomic E-state index is 0.972. The Balaban J connectivity index is -0.0000000499. The predicted molar refractivity (Wildman–Crippen MR) is 195 cm³/mol. The van der Waals surface area contributed by atoms with Crippen molar-refractivity contribution in [2.75, 3.05) is 124 Å². The third kappa shape index (κ3) is 173. The van der Waals surface area contributed by atoms with Crippen LogP contribution >= 0.6 is 0 Å². The minimum absolute atomic E-state index is 0.972. The molecule has 0 aliphatic rings. The zero-order valence-electron chi connectivity index (χ0n) is 30.0. The molecule has 0 radical (unpaired) electrons. The van der Waals surface area contributed by atoms with Gasteiger partial charge in [0, 0.05) is 39.3 Å². The molecule has 6 nitrogen and oxygen atoms in total. The van der Waals surface area contributed by atoms with Gasteiger partial charge in [-0.05, 0) is 84.6 Å². The van der Waals surface area contributed by atoms with E-state index in [1.54, 1.807) is 0 Å². The summed E-state index contributed by atoms with van der Waals surface area (Å²) in [6, 6.07) is 0. The SMILES string of the molecule is C=C.C=CCN(C)C.C=CCN(C)C.C=CCN(C)C.C=CCN(C)C.C=CCN(C)C.C=CCN(C)C.CC. The second kappa shape index (κ2) is 61.1. The quantitative estimate of drug-likeness (QED) is 0.258. The molecular formula is C34H76N6. The van der Waals surface area contributed by atoms with Crippen molar-refractivity contribution in [1.82, 2.24) is 29.4 Å². The van der Waals surface area contributed by atoms with Crippen molar-refractivity contribution in [1.29, 1.82) is 0 Å². The van der Waals surface area contributed by atoms with Crippen molar-refractivity contribution in [2.45, 2.75) is 13.8 Å². The van der Waals surface area contributed by atoms with Crippen molar-refractivity contribution in [3.8, 4) is 0 Å². The predicted octanol–water partition coefficient (Wildman–Crippen LogP) is 6.23. The van der Waals surface area contributed by atoms with Crippen LogP contribution in [0.15, 0.2) is 89.1 Å². The molecule has 0 amide bonds. The number of hydrogen-bond donors (Lipinski definition) is 0. The number of hydrogen-bond acceptors (Lipinski definition) is 6. The summed E-state index contributed by atoms with van der Waals surface area (Å²) in [4.78, 5) is 12.4. The molecule has 0 aliphatic carbocycles. The zero-order valence-corrected chi connectivity index (χ0v) is 30.0. The molecule has 0 N–H and O–H groups in total. The Morgan fingerprint density at radius 2 is 0.375 bits per heavy atom. The standard InChI is InChI=1S/6C5H11N.C2H6.C2H4/c6*1-4-5-6(2)3;2*1-2/h6*4H,1,5H2,2-3H3;1-2H3;1-2H2. The Hall–Kier alpha value is -2.06. The first-order chi connectivity index (χ1) is 18.6. The molecule has 0 saturated heterocycles. The van der Waals surface area contributed by atoms with E-state index in [0.29, 0.717) is 0 Å². The third-order valence-electron chi connectivity index (χ3n) is 2.97. The van der Waals surface area contributed by atoms with Gasteiger partial charge >= 0.3 is 0 Å². The molecule has 0 spiro atoms. The van der Waals surface area contributed by atoms with Crippen LogP contribution in [-0.2, 0) is 0 Å². The molecule has 6 heteroatoms. The normalized spacial score (nSPS) is 8.50. The van der Waals surface area contributed by atoms with Crippen LogP contribution in [-0.4, -0.2) is 153 Å². The molecule has 0 saturated carbocycles. The fourth-order valence-corrected chi connectivity index (χ4v) is 1.55. The molecule has 0 aromatic carbocycles. The van der Waals surface area contributed by atoms with E-state index in [2.05, 4.69) is 82.0 Å². The monoisotopic (exact) mass is 569 g/mol. The van der Waals surface area contributed by atoms with Gasteiger partial charge in [-0.15, -0.1) is 52.6 Å². The molecule has 0 aliphatic heterocycles. The van der Waals surface area contributed by atoms with E-state index in [1.807, 2.05) is 135 Å². The fraction of sp³-hybridized carbons (Fsp3) is 0.588. The Bertz CT molecular complexity index is 358. The van der Waals surface area contributed by atoms with Gasteiger partial charge in [-0.25, -0.2) is 0 Å². The van der Waals surface area contributed by atoms with Gasteiger partial charge in [-0.1, -0.05) is 50.3 Å². The van der Waals surface area contributed by atoms with E-state index in [9.17, 15) is 0 Å². The zero-order chi connectivity index (χ0) is 33.9. The van der Waals surface area contributed by atoms with E-state index >= 15 is 0 Å². The number of nitrogens with zero attached hydrogens (tertiary/aromatic N) is 6. The van der Waals surface area contributed by atoms with Crippen molar-refractivity contribution in [3.05, 3.63) is 89.1 Å². The average molecular weight is 569 g/mol. The highest BCUT2D eigenvalue weighted by Gasteiger charge is 1.78. The van der Waals surface area contributed by atoms with Crippen LogP contribution in [0.1, 0.15) is 13.8 Å². The lowest BCUT2D eigenvalue weighted by Crippen LogP contribution is -2.09. The van der Waals surface area contributed by atoms with Crippen molar-refractivity contribution in [3.63, 3.8) is 0 Å². The largest absolute Gasteiger partial charge is 0.306 e. The first-order valence-electron chi connectivity index (χ1n) is 13.7. The second-order valence-electron chi connectivity index (χ2n) is 9.31. The van der Waals surface area contributed by atoms with Gasteiger partial charge in [0.1, 0.15) is 0 Å². The molecule has 0 rings (SSSR count). The van der Waals surface area contributed by atoms with E-state index in [1.165, 1.54) is 0 Å². The third-order valence-corrected chi connectivity index (χ3v) is 2.97. The summed E-state index contributed by atoms with van der Waals surface area (Å²) < 4.78 is 0. The van der Waals surface area contributed by atoms with Crippen molar-refractivity contribution >= 4 is 0 Å². The highest BCUT2D eigenvalue weighted by Crippen LogP contribution is 1.72. The van der Waals surface area contributed by atoms with Gasteiger partial charge in [0.15, 0.2) is 0 Å². The van der Waals surface area contributed by atoms with Crippen LogP contribution in [0, 0.1) is 0 Å². The van der Waals surface area contributed by atoms with Gasteiger partial charge in [0.05, 0.1) is 0 Å². The molecule has 0 bridgehead atoms. The van der Waals surface area contributed by atoms with Crippen LogP contribution in [0.2, 0.25) is 0 Å². The maximum absolute atomic E-state index is 3.56. The Morgan fingerprint density at radius 3 is 0.375 bits per heavy atom. The second-order valence-corrected chi connectivity index (χ2v) is 9.31. The lowest BCUT2D eigenvalue weighted by atomic mass is 10.6. The van der Waals surface area contributed by atoms with Gasteiger partial charge in [-0.2, -0.15) is 0 Å². The van der Waals surface area contributed by atoms with E-state index in [4.69, 9.17) is 0 Å². The highest BCUT2D eigenvalue weighted by molar-refractivity contribution is 4.70. The van der Waals surface area contributed by atoms with Crippen LogP contribution in [0.5, 0.6) is 0 Å². The summed E-state index contributed by atoms with van der Waals surface area (Å²) in [6.45, 7) is 37.2. The van der Waals surface area contributed by atoms with Crippen LogP contribution < -0.4 is 0 Å². The Kier molecular flexibility index (Phi) is 88.3. The molecule has 0 atom stereocenters. The first-order valence-corrected chi connectivity index (χ1v) is 13.7. The Morgan fingerprint density at radius 1 is 0.300 bits per heavy atom. The fourth-order valence-electron chi connectivity index (χ4n) is 1.55. The van der Waals surface area contributed by atoms with E-state index in [0.717, 1.165) is 39.3 Å². The summed E-state index contributed by atoms with van der Waals surface area (Å²) in [6.07, 6.45) is 11.2. The van der Waals surface area contributed by atoms with Crippen LogP contribution in [0.25, 0.3) is 0 Å². The first kappa shape index (κ1) is 57.8. The molecular weight excluding hydrogens is 492 g/mol. The summed E-state index contributed by atoms with van der Waals surface area (Å²) in [5.41, 5.74) is 0. The molecule has 0 heterocycles. The average Bonchev–Trinajstić information content (AvgIpc) is 2.83.